The van der Waals surface area contributed by atoms with E-state index >= 15 is 0 Å². The molecule has 0 radical (unpaired) electrons. The molecule has 2 aromatic rings. The Morgan fingerprint density at radius 1 is 1.44 bits per heavy atom. The van der Waals surface area contributed by atoms with Gasteiger partial charge < -0.3 is 9.84 Å². The topological polar surface area (TPSA) is 42.4 Å². The lowest BCUT2D eigenvalue weighted by Gasteiger charge is -2.22. The first kappa shape index (κ1) is 11.7. The highest BCUT2D eigenvalue weighted by Crippen LogP contribution is 2.37. The Kier molecular flexibility index (Phi) is 3.06. The van der Waals surface area contributed by atoms with Gasteiger partial charge in [-0.25, -0.2) is 4.98 Å². The van der Waals surface area contributed by atoms with Gasteiger partial charge in [0.2, 0.25) is 0 Å². The molecular formula is C14H15NO2S. The number of nitrogens with zero attached hydrogens (tertiary/aromatic N) is 1. The fourth-order valence-electron chi connectivity index (χ4n) is 2.34. The molecular weight excluding hydrogens is 246 g/mol. The van der Waals surface area contributed by atoms with E-state index in [4.69, 9.17) is 4.74 Å². The minimum Gasteiger partial charge on any atom is -0.493 e. The standard InChI is InChI=1S/C14H15NO2S/c1-9-14(18-8-15-9)12(16)11-6-2-4-10-5-3-7-17-13(10)11/h2,4,6,8,12,16H,3,5,7H2,1H3. The summed E-state index contributed by atoms with van der Waals surface area (Å²) in [6, 6.07) is 6.00. The number of aliphatic hydroxyl groups is 1. The predicted molar refractivity (Wildman–Crippen MR) is 71.2 cm³/mol. The van der Waals surface area contributed by atoms with Crippen molar-refractivity contribution in [1.82, 2.24) is 4.98 Å². The van der Waals surface area contributed by atoms with Gasteiger partial charge in [0, 0.05) is 5.56 Å². The Labute approximate surface area is 110 Å². The number of para-hydroxylation sites is 1. The van der Waals surface area contributed by atoms with Crippen molar-refractivity contribution in [3.05, 3.63) is 45.4 Å². The maximum absolute atomic E-state index is 10.5. The van der Waals surface area contributed by atoms with Crippen molar-refractivity contribution in [3.8, 4) is 5.75 Å². The Morgan fingerprint density at radius 3 is 3.11 bits per heavy atom. The van der Waals surface area contributed by atoms with Crippen LogP contribution in [0.3, 0.4) is 0 Å². The van der Waals surface area contributed by atoms with Gasteiger partial charge in [0.25, 0.3) is 0 Å². The molecule has 1 unspecified atom stereocenters. The average Bonchev–Trinajstić information content (AvgIpc) is 2.83. The van der Waals surface area contributed by atoms with Crippen molar-refractivity contribution in [3.63, 3.8) is 0 Å². The van der Waals surface area contributed by atoms with Crippen LogP contribution in [0.2, 0.25) is 0 Å². The molecule has 1 aromatic heterocycles. The first-order valence-corrected chi connectivity index (χ1v) is 6.98. The summed E-state index contributed by atoms with van der Waals surface area (Å²) in [7, 11) is 0. The SMILES string of the molecule is Cc1ncsc1C(O)c1cccc2c1OCCC2. The molecule has 0 saturated carbocycles. The van der Waals surface area contributed by atoms with E-state index in [0.29, 0.717) is 0 Å². The maximum Gasteiger partial charge on any atom is 0.128 e. The lowest BCUT2D eigenvalue weighted by Crippen LogP contribution is -2.12. The van der Waals surface area contributed by atoms with Crippen molar-refractivity contribution in [2.45, 2.75) is 25.9 Å². The normalized spacial score (nSPS) is 15.9. The second-order valence-corrected chi connectivity index (χ2v) is 5.38. The van der Waals surface area contributed by atoms with Crippen molar-refractivity contribution >= 4 is 11.3 Å². The van der Waals surface area contributed by atoms with Crippen LogP contribution >= 0.6 is 11.3 Å². The Balaban J connectivity index is 2.04. The third-order valence-electron chi connectivity index (χ3n) is 3.29. The number of aryl methyl sites for hydroxylation is 2. The van der Waals surface area contributed by atoms with E-state index in [1.807, 2.05) is 19.1 Å². The summed E-state index contributed by atoms with van der Waals surface area (Å²) < 4.78 is 5.74. The fraction of sp³-hybridized carbons (Fsp3) is 0.357. The van der Waals surface area contributed by atoms with E-state index in [0.717, 1.165) is 41.3 Å². The third-order valence-corrected chi connectivity index (χ3v) is 4.27. The van der Waals surface area contributed by atoms with Gasteiger partial charge in [-0.1, -0.05) is 18.2 Å². The number of ether oxygens (including phenoxy) is 1. The van der Waals surface area contributed by atoms with Crippen LogP contribution in [0, 0.1) is 6.92 Å². The molecule has 0 amide bonds. The molecule has 18 heavy (non-hydrogen) atoms. The van der Waals surface area contributed by atoms with Gasteiger partial charge in [0.05, 0.1) is 22.7 Å². The second-order valence-electron chi connectivity index (χ2n) is 4.49. The van der Waals surface area contributed by atoms with Crippen LogP contribution in [-0.2, 0) is 6.42 Å². The molecule has 1 aromatic carbocycles. The van der Waals surface area contributed by atoms with E-state index in [-0.39, 0.29) is 0 Å². The molecule has 0 bridgehead atoms. The number of benzene rings is 1. The first-order valence-electron chi connectivity index (χ1n) is 6.10. The van der Waals surface area contributed by atoms with Crippen LogP contribution in [0.1, 0.15) is 34.2 Å². The monoisotopic (exact) mass is 261 g/mol. The summed E-state index contributed by atoms with van der Waals surface area (Å²) >= 11 is 1.49. The first-order chi connectivity index (χ1) is 8.77. The van der Waals surface area contributed by atoms with Crippen LogP contribution in [-0.4, -0.2) is 16.7 Å². The minimum atomic E-state index is -0.634. The molecule has 2 heterocycles. The average molecular weight is 261 g/mol. The molecule has 3 rings (SSSR count). The van der Waals surface area contributed by atoms with Gasteiger partial charge in [0.1, 0.15) is 11.9 Å². The molecule has 0 aliphatic carbocycles. The Hall–Kier alpha value is -1.39. The van der Waals surface area contributed by atoms with E-state index in [1.54, 1.807) is 5.51 Å². The highest BCUT2D eigenvalue weighted by molar-refractivity contribution is 7.09. The zero-order valence-corrected chi connectivity index (χ0v) is 11.0. The minimum absolute atomic E-state index is 0.634. The van der Waals surface area contributed by atoms with Crippen molar-refractivity contribution in [1.29, 1.82) is 0 Å². The molecule has 0 saturated heterocycles. The third kappa shape index (κ3) is 1.91. The molecule has 94 valence electrons. The number of hydrogen-bond acceptors (Lipinski definition) is 4. The summed E-state index contributed by atoms with van der Waals surface area (Å²) in [4.78, 5) is 5.09. The summed E-state index contributed by atoms with van der Waals surface area (Å²) in [6.45, 7) is 2.66. The Morgan fingerprint density at radius 2 is 2.33 bits per heavy atom. The Bertz CT molecular complexity index is 565. The van der Waals surface area contributed by atoms with E-state index in [1.165, 1.54) is 16.9 Å². The van der Waals surface area contributed by atoms with E-state index < -0.39 is 6.10 Å². The van der Waals surface area contributed by atoms with E-state index in [2.05, 4.69) is 11.1 Å². The zero-order valence-electron chi connectivity index (χ0n) is 10.2. The quantitative estimate of drug-likeness (QED) is 0.904. The number of aliphatic hydroxyl groups excluding tert-OH is 1. The van der Waals surface area contributed by atoms with Crippen molar-refractivity contribution in [2.75, 3.05) is 6.61 Å². The van der Waals surface area contributed by atoms with Gasteiger partial charge in [-0.2, -0.15) is 0 Å². The van der Waals surface area contributed by atoms with Gasteiger partial charge in [-0.3, -0.25) is 0 Å². The molecule has 0 fully saturated rings. The number of rotatable bonds is 2. The summed E-state index contributed by atoms with van der Waals surface area (Å²) in [5.74, 6) is 0.865. The number of fused-ring (bicyclic) bond motifs is 1. The van der Waals surface area contributed by atoms with Gasteiger partial charge >= 0.3 is 0 Å². The summed E-state index contributed by atoms with van der Waals surface area (Å²) in [6.07, 6.45) is 1.44. The molecule has 4 heteroatoms. The number of hydrogen-bond donors (Lipinski definition) is 1. The highest BCUT2D eigenvalue weighted by Gasteiger charge is 2.22. The summed E-state index contributed by atoms with van der Waals surface area (Å²) in [5.41, 5.74) is 4.71. The number of thiazole rings is 1. The number of aromatic nitrogens is 1. The van der Waals surface area contributed by atoms with Crippen LogP contribution in [0.25, 0.3) is 0 Å². The van der Waals surface area contributed by atoms with Crippen molar-refractivity contribution < 1.29 is 9.84 Å². The molecule has 1 aliphatic heterocycles. The molecule has 3 nitrogen and oxygen atoms in total. The van der Waals surface area contributed by atoms with Crippen LogP contribution in [0.4, 0.5) is 0 Å². The fourth-order valence-corrected chi connectivity index (χ4v) is 3.15. The van der Waals surface area contributed by atoms with Crippen LogP contribution < -0.4 is 4.74 Å². The molecule has 1 N–H and O–H groups in total. The second kappa shape index (κ2) is 4.71. The molecule has 1 atom stereocenters. The highest BCUT2D eigenvalue weighted by atomic mass is 32.1. The van der Waals surface area contributed by atoms with Crippen molar-refractivity contribution in [2.24, 2.45) is 0 Å². The molecule has 0 spiro atoms. The maximum atomic E-state index is 10.5. The predicted octanol–water partition coefficient (Wildman–Crippen LogP) is 2.86. The zero-order chi connectivity index (χ0) is 12.5. The van der Waals surface area contributed by atoms with Crippen LogP contribution in [0.5, 0.6) is 5.75 Å². The largest absolute Gasteiger partial charge is 0.493 e. The lowest BCUT2D eigenvalue weighted by atomic mass is 9.98. The van der Waals surface area contributed by atoms with Gasteiger partial charge in [0.15, 0.2) is 0 Å². The van der Waals surface area contributed by atoms with Gasteiger partial charge in [-0.05, 0) is 25.3 Å². The van der Waals surface area contributed by atoms with Crippen LogP contribution in [0.15, 0.2) is 23.7 Å². The van der Waals surface area contributed by atoms with Gasteiger partial charge in [-0.15, -0.1) is 11.3 Å². The lowest BCUT2D eigenvalue weighted by molar-refractivity contribution is 0.209. The summed E-state index contributed by atoms with van der Waals surface area (Å²) in [5, 5.41) is 10.5. The van der Waals surface area contributed by atoms with E-state index in [9.17, 15) is 5.11 Å². The smallest absolute Gasteiger partial charge is 0.128 e. The molecule has 1 aliphatic rings.